The summed E-state index contributed by atoms with van der Waals surface area (Å²) in [6, 6.07) is 11.4. The second-order valence-electron chi connectivity index (χ2n) is 6.62. The van der Waals surface area contributed by atoms with Gasteiger partial charge in [0.15, 0.2) is 21.3 Å². The van der Waals surface area contributed by atoms with Gasteiger partial charge in [0.1, 0.15) is 0 Å². The van der Waals surface area contributed by atoms with Crippen molar-refractivity contribution in [2.75, 3.05) is 27.3 Å². The number of sulfone groups is 1. The van der Waals surface area contributed by atoms with Crippen molar-refractivity contribution < 1.29 is 22.7 Å². The standard InChI is InChI=1S/C20H22ClNO5S/c1-26-18-8-3-14(11-19(18)27-2)12-20(23)22-10-9-17(13-22)28(24,25)16-6-4-15(21)5-7-16/h3-8,11,17H,9-10,12-13H2,1-2H3. The number of hydrogen-bond acceptors (Lipinski definition) is 5. The van der Waals surface area contributed by atoms with Gasteiger partial charge in [-0.25, -0.2) is 8.42 Å². The number of methoxy groups -OCH3 is 2. The highest BCUT2D eigenvalue weighted by molar-refractivity contribution is 7.92. The Kier molecular flexibility index (Phi) is 6.15. The molecule has 2 aromatic rings. The largest absolute Gasteiger partial charge is 0.493 e. The van der Waals surface area contributed by atoms with Crippen LogP contribution < -0.4 is 9.47 Å². The predicted octanol–water partition coefficient (Wildman–Crippen LogP) is 2.97. The molecule has 1 fully saturated rings. The molecule has 0 aromatic heterocycles. The van der Waals surface area contributed by atoms with Gasteiger partial charge < -0.3 is 14.4 Å². The van der Waals surface area contributed by atoms with Crippen molar-refractivity contribution in [1.82, 2.24) is 4.90 Å². The van der Waals surface area contributed by atoms with Crippen molar-refractivity contribution in [1.29, 1.82) is 0 Å². The molecule has 0 aliphatic carbocycles. The summed E-state index contributed by atoms with van der Waals surface area (Å²) < 4.78 is 36.1. The average Bonchev–Trinajstić information content (AvgIpc) is 3.19. The minimum absolute atomic E-state index is 0.110. The van der Waals surface area contributed by atoms with Gasteiger partial charge in [0.05, 0.1) is 30.8 Å². The topological polar surface area (TPSA) is 72.9 Å². The van der Waals surface area contributed by atoms with Crippen LogP contribution in [0, 0.1) is 0 Å². The van der Waals surface area contributed by atoms with Gasteiger partial charge in [-0.2, -0.15) is 0 Å². The van der Waals surface area contributed by atoms with Crippen LogP contribution in [0.2, 0.25) is 5.02 Å². The van der Waals surface area contributed by atoms with E-state index >= 15 is 0 Å². The number of benzene rings is 2. The van der Waals surface area contributed by atoms with Crippen LogP contribution in [0.4, 0.5) is 0 Å². The van der Waals surface area contributed by atoms with Crippen LogP contribution >= 0.6 is 11.6 Å². The molecule has 0 bridgehead atoms. The van der Waals surface area contributed by atoms with E-state index in [9.17, 15) is 13.2 Å². The molecule has 0 radical (unpaired) electrons. The van der Waals surface area contributed by atoms with Gasteiger partial charge >= 0.3 is 0 Å². The van der Waals surface area contributed by atoms with E-state index in [0.717, 1.165) is 5.56 Å². The highest BCUT2D eigenvalue weighted by Crippen LogP contribution is 2.29. The summed E-state index contributed by atoms with van der Waals surface area (Å²) in [5.41, 5.74) is 0.784. The Bertz CT molecular complexity index is 959. The summed E-state index contributed by atoms with van der Waals surface area (Å²) in [7, 11) is -0.416. The van der Waals surface area contributed by atoms with Crippen LogP contribution in [0.5, 0.6) is 11.5 Å². The average molecular weight is 424 g/mol. The van der Waals surface area contributed by atoms with Crippen molar-refractivity contribution in [2.45, 2.75) is 23.0 Å². The molecule has 0 N–H and O–H groups in total. The summed E-state index contributed by atoms with van der Waals surface area (Å²) in [6.45, 7) is 0.612. The first-order valence-corrected chi connectivity index (χ1v) is 10.8. The van der Waals surface area contributed by atoms with Gasteiger partial charge in [0.2, 0.25) is 5.91 Å². The number of halogens is 1. The van der Waals surface area contributed by atoms with E-state index in [1.165, 1.54) is 19.2 Å². The number of likely N-dealkylation sites (tertiary alicyclic amines) is 1. The minimum Gasteiger partial charge on any atom is -0.493 e. The zero-order valence-corrected chi connectivity index (χ0v) is 17.3. The zero-order chi connectivity index (χ0) is 20.3. The van der Waals surface area contributed by atoms with Crippen LogP contribution in [0.25, 0.3) is 0 Å². The molecule has 1 heterocycles. The number of nitrogens with zero attached hydrogens (tertiary/aromatic N) is 1. The molecule has 1 aliphatic heterocycles. The Morgan fingerprint density at radius 2 is 1.79 bits per heavy atom. The van der Waals surface area contributed by atoms with Gasteiger partial charge in [-0.3, -0.25) is 4.79 Å². The number of carbonyl (C=O) groups excluding carboxylic acids is 1. The van der Waals surface area contributed by atoms with E-state index in [0.29, 0.717) is 29.5 Å². The third kappa shape index (κ3) is 4.25. The van der Waals surface area contributed by atoms with Crippen molar-refractivity contribution in [3.05, 3.63) is 53.1 Å². The highest BCUT2D eigenvalue weighted by Gasteiger charge is 2.36. The molecule has 150 valence electrons. The van der Waals surface area contributed by atoms with E-state index in [1.807, 2.05) is 0 Å². The van der Waals surface area contributed by atoms with E-state index in [4.69, 9.17) is 21.1 Å². The number of carbonyl (C=O) groups is 1. The molecule has 1 amide bonds. The van der Waals surface area contributed by atoms with Crippen LogP contribution in [-0.4, -0.2) is 51.8 Å². The normalized spacial score (nSPS) is 16.8. The molecule has 0 saturated carbocycles. The molecule has 1 unspecified atom stereocenters. The molecule has 1 aliphatic rings. The Balaban J connectivity index is 1.68. The van der Waals surface area contributed by atoms with Crippen molar-refractivity contribution in [3.63, 3.8) is 0 Å². The molecule has 6 nitrogen and oxygen atoms in total. The molecule has 3 rings (SSSR count). The molecular formula is C20H22ClNO5S. The Labute approximate surface area is 169 Å². The lowest BCUT2D eigenvalue weighted by Gasteiger charge is -2.17. The van der Waals surface area contributed by atoms with Crippen LogP contribution in [-0.2, 0) is 21.1 Å². The lowest BCUT2D eigenvalue weighted by Crippen LogP contribution is -2.33. The molecule has 1 atom stereocenters. The molecule has 2 aromatic carbocycles. The van der Waals surface area contributed by atoms with Gasteiger partial charge in [-0.15, -0.1) is 0 Å². The zero-order valence-electron chi connectivity index (χ0n) is 15.7. The first kappa shape index (κ1) is 20.5. The van der Waals surface area contributed by atoms with E-state index in [1.54, 1.807) is 42.3 Å². The van der Waals surface area contributed by atoms with Crippen molar-refractivity contribution >= 4 is 27.3 Å². The number of rotatable bonds is 6. The third-order valence-electron chi connectivity index (χ3n) is 4.88. The maximum Gasteiger partial charge on any atom is 0.227 e. The maximum atomic E-state index is 12.8. The Hall–Kier alpha value is -2.25. The van der Waals surface area contributed by atoms with E-state index in [2.05, 4.69) is 0 Å². The fourth-order valence-electron chi connectivity index (χ4n) is 3.30. The fourth-order valence-corrected chi connectivity index (χ4v) is 5.12. The minimum atomic E-state index is -3.50. The lowest BCUT2D eigenvalue weighted by atomic mass is 10.1. The van der Waals surface area contributed by atoms with E-state index < -0.39 is 15.1 Å². The van der Waals surface area contributed by atoms with Crippen LogP contribution in [0.15, 0.2) is 47.4 Å². The quantitative estimate of drug-likeness (QED) is 0.714. The van der Waals surface area contributed by atoms with Gasteiger partial charge in [-0.05, 0) is 48.4 Å². The number of hydrogen-bond donors (Lipinski definition) is 0. The molecule has 1 saturated heterocycles. The Morgan fingerprint density at radius 3 is 2.43 bits per heavy atom. The lowest BCUT2D eigenvalue weighted by molar-refractivity contribution is -0.129. The third-order valence-corrected chi connectivity index (χ3v) is 7.33. The second-order valence-corrected chi connectivity index (χ2v) is 9.28. The van der Waals surface area contributed by atoms with Crippen molar-refractivity contribution in [2.24, 2.45) is 0 Å². The maximum absolute atomic E-state index is 12.8. The summed E-state index contributed by atoms with van der Waals surface area (Å²) >= 11 is 5.84. The summed E-state index contributed by atoms with van der Waals surface area (Å²) in [5.74, 6) is 1.03. The summed E-state index contributed by atoms with van der Waals surface area (Å²) in [4.78, 5) is 14.5. The second kappa shape index (κ2) is 8.41. The summed E-state index contributed by atoms with van der Waals surface area (Å²) in [6.07, 6.45) is 0.594. The van der Waals surface area contributed by atoms with Crippen molar-refractivity contribution in [3.8, 4) is 11.5 Å². The van der Waals surface area contributed by atoms with Gasteiger partial charge in [0, 0.05) is 18.1 Å². The molecule has 8 heteroatoms. The number of amides is 1. The predicted molar refractivity (Wildman–Crippen MR) is 107 cm³/mol. The number of ether oxygens (including phenoxy) is 2. The monoisotopic (exact) mass is 423 g/mol. The molecular weight excluding hydrogens is 402 g/mol. The van der Waals surface area contributed by atoms with Crippen LogP contribution in [0.1, 0.15) is 12.0 Å². The highest BCUT2D eigenvalue weighted by atomic mass is 35.5. The first-order chi connectivity index (χ1) is 13.3. The van der Waals surface area contributed by atoms with Gasteiger partial charge in [0.25, 0.3) is 0 Å². The van der Waals surface area contributed by atoms with Crippen LogP contribution in [0.3, 0.4) is 0 Å². The first-order valence-electron chi connectivity index (χ1n) is 8.83. The smallest absolute Gasteiger partial charge is 0.227 e. The molecule has 28 heavy (non-hydrogen) atoms. The Morgan fingerprint density at radius 1 is 1.11 bits per heavy atom. The van der Waals surface area contributed by atoms with Gasteiger partial charge in [-0.1, -0.05) is 17.7 Å². The fraction of sp³-hybridized carbons (Fsp3) is 0.350. The summed E-state index contributed by atoms with van der Waals surface area (Å²) in [5, 5.41) is -0.125. The SMILES string of the molecule is COc1ccc(CC(=O)N2CCC(S(=O)(=O)c3ccc(Cl)cc3)C2)cc1OC. The molecule has 0 spiro atoms. The van der Waals surface area contributed by atoms with E-state index in [-0.39, 0.29) is 23.8 Å².